The molecule has 0 fully saturated rings. The van der Waals surface area contributed by atoms with Crippen molar-refractivity contribution in [2.75, 3.05) is 0 Å². The molecule has 2 aromatic heterocycles. The zero-order chi connectivity index (χ0) is 14.7. The van der Waals surface area contributed by atoms with E-state index < -0.39 is 5.97 Å². The van der Waals surface area contributed by atoms with E-state index in [1.54, 1.807) is 23.5 Å². The number of carbonyl (C=O) groups is 1. The number of aromatic hydroxyl groups is 1. The Bertz CT molecular complexity index is 750. The van der Waals surface area contributed by atoms with Gasteiger partial charge in [-0.25, -0.2) is 9.78 Å². The van der Waals surface area contributed by atoms with E-state index in [1.807, 2.05) is 22.2 Å². The van der Waals surface area contributed by atoms with Crippen LogP contribution in [0, 0.1) is 0 Å². The summed E-state index contributed by atoms with van der Waals surface area (Å²) in [6.07, 6.45) is 0. The van der Waals surface area contributed by atoms with Gasteiger partial charge in [0.15, 0.2) is 0 Å². The number of thiazole rings is 1. The smallest absolute Gasteiger partial charge is 0.342 e. The average Bonchev–Trinajstić information content (AvgIpc) is 3.16. The SMILES string of the molecule is O=C(OCc1csc(-c2ccsc2)n1)c1ccccc1O. The van der Waals surface area contributed by atoms with Gasteiger partial charge in [-0.2, -0.15) is 11.3 Å². The van der Waals surface area contributed by atoms with E-state index in [0.29, 0.717) is 5.69 Å². The molecule has 106 valence electrons. The van der Waals surface area contributed by atoms with Gasteiger partial charge < -0.3 is 9.84 Å². The van der Waals surface area contributed by atoms with Crippen LogP contribution in [0.5, 0.6) is 5.75 Å². The maximum absolute atomic E-state index is 11.9. The summed E-state index contributed by atoms with van der Waals surface area (Å²) in [7, 11) is 0. The van der Waals surface area contributed by atoms with Crippen LogP contribution in [0.25, 0.3) is 10.6 Å². The second-order valence-corrected chi connectivity index (χ2v) is 5.89. The average molecular weight is 317 g/mol. The van der Waals surface area contributed by atoms with Crippen LogP contribution in [0.2, 0.25) is 0 Å². The zero-order valence-electron chi connectivity index (χ0n) is 10.9. The summed E-state index contributed by atoms with van der Waals surface area (Å²) >= 11 is 3.13. The summed E-state index contributed by atoms with van der Waals surface area (Å²) in [5.74, 6) is -0.641. The Kier molecular flexibility index (Phi) is 3.98. The summed E-state index contributed by atoms with van der Waals surface area (Å²) in [6, 6.07) is 8.30. The molecule has 0 aliphatic heterocycles. The molecule has 2 heterocycles. The number of rotatable bonds is 4. The molecular formula is C15H11NO3S2. The molecule has 1 aromatic carbocycles. The normalized spacial score (nSPS) is 10.5. The Labute approximate surface area is 129 Å². The minimum absolute atomic E-state index is 0.0836. The third-order valence-corrected chi connectivity index (χ3v) is 4.42. The number of para-hydroxylation sites is 1. The molecule has 0 atom stereocenters. The minimum atomic E-state index is -0.557. The van der Waals surface area contributed by atoms with Crippen LogP contribution < -0.4 is 0 Å². The minimum Gasteiger partial charge on any atom is -0.507 e. The van der Waals surface area contributed by atoms with Crippen molar-refractivity contribution in [2.45, 2.75) is 6.61 Å². The first-order valence-electron chi connectivity index (χ1n) is 6.16. The number of phenolic OH excluding ortho intramolecular Hbond substituents is 1. The van der Waals surface area contributed by atoms with Crippen LogP contribution in [-0.2, 0) is 11.3 Å². The first kappa shape index (κ1) is 13.8. The van der Waals surface area contributed by atoms with Gasteiger partial charge >= 0.3 is 5.97 Å². The number of ether oxygens (including phenoxy) is 1. The molecule has 0 spiro atoms. The van der Waals surface area contributed by atoms with Gasteiger partial charge in [0, 0.05) is 16.3 Å². The zero-order valence-corrected chi connectivity index (χ0v) is 12.5. The lowest BCUT2D eigenvalue weighted by molar-refractivity contribution is 0.0465. The number of hydrogen-bond donors (Lipinski definition) is 1. The number of hydrogen-bond acceptors (Lipinski definition) is 6. The highest BCUT2D eigenvalue weighted by Gasteiger charge is 2.13. The van der Waals surface area contributed by atoms with Crippen LogP contribution in [-0.4, -0.2) is 16.1 Å². The van der Waals surface area contributed by atoms with Crippen LogP contribution in [0.4, 0.5) is 0 Å². The lowest BCUT2D eigenvalue weighted by atomic mass is 10.2. The molecule has 6 heteroatoms. The topological polar surface area (TPSA) is 59.4 Å². The Balaban J connectivity index is 1.66. The molecule has 0 bridgehead atoms. The second kappa shape index (κ2) is 6.07. The lowest BCUT2D eigenvalue weighted by Crippen LogP contribution is -2.05. The van der Waals surface area contributed by atoms with Crippen molar-refractivity contribution < 1.29 is 14.6 Å². The van der Waals surface area contributed by atoms with Crippen molar-refractivity contribution in [3.63, 3.8) is 0 Å². The van der Waals surface area contributed by atoms with E-state index in [0.717, 1.165) is 10.6 Å². The van der Waals surface area contributed by atoms with Crippen molar-refractivity contribution >= 4 is 28.6 Å². The van der Waals surface area contributed by atoms with Gasteiger partial charge in [-0.1, -0.05) is 12.1 Å². The summed E-state index contributed by atoms with van der Waals surface area (Å²) in [5, 5.41) is 16.4. The largest absolute Gasteiger partial charge is 0.507 e. The van der Waals surface area contributed by atoms with Crippen LogP contribution in [0.1, 0.15) is 16.1 Å². The highest BCUT2D eigenvalue weighted by molar-refractivity contribution is 7.14. The standard InChI is InChI=1S/C15H11NO3S2/c17-13-4-2-1-3-12(13)15(18)19-7-11-9-21-14(16-11)10-5-6-20-8-10/h1-6,8-9,17H,7H2. The molecule has 0 saturated carbocycles. The first-order valence-corrected chi connectivity index (χ1v) is 7.98. The van der Waals surface area contributed by atoms with Crippen LogP contribution in [0.15, 0.2) is 46.5 Å². The number of esters is 1. The third kappa shape index (κ3) is 3.12. The molecule has 0 amide bonds. The summed E-state index contributed by atoms with van der Waals surface area (Å²) in [6.45, 7) is 0.0911. The Morgan fingerprint density at radius 1 is 1.24 bits per heavy atom. The summed E-state index contributed by atoms with van der Waals surface area (Å²) in [5.41, 5.74) is 1.93. The van der Waals surface area contributed by atoms with E-state index >= 15 is 0 Å². The van der Waals surface area contributed by atoms with Crippen molar-refractivity contribution in [1.29, 1.82) is 0 Å². The molecule has 3 rings (SSSR count). The predicted molar refractivity (Wildman–Crippen MR) is 82.7 cm³/mol. The van der Waals surface area contributed by atoms with Gasteiger partial charge in [0.05, 0.1) is 5.69 Å². The maximum Gasteiger partial charge on any atom is 0.342 e. The third-order valence-electron chi connectivity index (χ3n) is 2.79. The van der Waals surface area contributed by atoms with Gasteiger partial charge in [-0.3, -0.25) is 0 Å². The molecule has 0 radical (unpaired) electrons. The van der Waals surface area contributed by atoms with Crippen LogP contribution >= 0.6 is 22.7 Å². The molecular weight excluding hydrogens is 306 g/mol. The van der Waals surface area contributed by atoms with Crippen molar-refractivity contribution in [1.82, 2.24) is 4.98 Å². The van der Waals surface area contributed by atoms with Gasteiger partial charge in [0.25, 0.3) is 0 Å². The van der Waals surface area contributed by atoms with E-state index in [9.17, 15) is 9.90 Å². The quantitative estimate of drug-likeness (QED) is 0.741. The Morgan fingerprint density at radius 3 is 2.86 bits per heavy atom. The number of thiophene rings is 1. The number of phenols is 1. The molecule has 0 saturated heterocycles. The highest BCUT2D eigenvalue weighted by Crippen LogP contribution is 2.26. The first-order chi connectivity index (χ1) is 10.2. The molecule has 21 heavy (non-hydrogen) atoms. The van der Waals surface area contributed by atoms with E-state index in [2.05, 4.69) is 4.98 Å². The van der Waals surface area contributed by atoms with Crippen molar-refractivity contribution in [3.8, 4) is 16.3 Å². The second-order valence-electron chi connectivity index (χ2n) is 4.25. The summed E-state index contributed by atoms with van der Waals surface area (Å²) < 4.78 is 5.17. The number of carbonyl (C=O) groups excluding carboxylic acids is 1. The Morgan fingerprint density at radius 2 is 2.10 bits per heavy atom. The molecule has 1 N–H and O–H groups in total. The lowest BCUT2D eigenvalue weighted by Gasteiger charge is -2.04. The van der Waals surface area contributed by atoms with Gasteiger partial charge in [-0.15, -0.1) is 11.3 Å². The fourth-order valence-electron chi connectivity index (χ4n) is 1.76. The van der Waals surface area contributed by atoms with Gasteiger partial charge in [0.2, 0.25) is 0 Å². The predicted octanol–water partition coefficient (Wildman–Crippen LogP) is 3.93. The van der Waals surface area contributed by atoms with E-state index in [-0.39, 0.29) is 17.9 Å². The number of aromatic nitrogens is 1. The molecule has 0 unspecified atom stereocenters. The highest BCUT2D eigenvalue weighted by atomic mass is 32.1. The molecule has 4 nitrogen and oxygen atoms in total. The van der Waals surface area contributed by atoms with Crippen LogP contribution in [0.3, 0.4) is 0 Å². The Hall–Kier alpha value is -2.18. The molecule has 0 aliphatic carbocycles. The fraction of sp³-hybridized carbons (Fsp3) is 0.0667. The molecule has 3 aromatic rings. The van der Waals surface area contributed by atoms with E-state index in [1.165, 1.54) is 23.5 Å². The van der Waals surface area contributed by atoms with Crippen molar-refractivity contribution in [2.24, 2.45) is 0 Å². The van der Waals surface area contributed by atoms with E-state index in [4.69, 9.17) is 4.74 Å². The summed E-state index contributed by atoms with van der Waals surface area (Å²) in [4.78, 5) is 16.3. The number of benzene rings is 1. The molecule has 0 aliphatic rings. The maximum atomic E-state index is 11.9. The van der Waals surface area contributed by atoms with Crippen molar-refractivity contribution in [3.05, 3.63) is 57.7 Å². The monoisotopic (exact) mass is 317 g/mol. The van der Waals surface area contributed by atoms with Gasteiger partial charge in [0.1, 0.15) is 22.9 Å². The fourth-order valence-corrected chi connectivity index (χ4v) is 3.27. The number of nitrogens with zero attached hydrogens (tertiary/aromatic N) is 1. The van der Waals surface area contributed by atoms with Gasteiger partial charge in [-0.05, 0) is 23.6 Å².